The molecule has 0 atom stereocenters. The largest absolute Gasteiger partial charge is 0.399 e. The Hall–Kier alpha value is -2.06. The summed E-state index contributed by atoms with van der Waals surface area (Å²) in [5.41, 5.74) is 5.92. The van der Waals surface area contributed by atoms with E-state index in [4.69, 9.17) is 5.73 Å². The Morgan fingerprint density at radius 2 is 1.71 bits per heavy atom. The Kier molecular flexibility index (Phi) is 4.49. The molecule has 0 aliphatic heterocycles. The number of halogens is 2. The molecular weight excluding hydrogens is 300 g/mol. The molecule has 112 valence electrons. The number of hydrogen-bond acceptors (Lipinski definition) is 4. The number of nitrogen functional groups attached to an aromatic ring is 1. The van der Waals surface area contributed by atoms with Crippen LogP contribution >= 0.6 is 0 Å². The van der Waals surface area contributed by atoms with E-state index in [0.29, 0.717) is 6.42 Å². The molecule has 0 spiro atoms. The third kappa shape index (κ3) is 3.73. The van der Waals surface area contributed by atoms with Gasteiger partial charge in [-0.2, -0.15) is 0 Å². The van der Waals surface area contributed by atoms with E-state index in [1.165, 1.54) is 0 Å². The van der Waals surface area contributed by atoms with Crippen LogP contribution in [0.15, 0.2) is 41.6 Å². The van der Waals surface area contributed by atoms with Crippen molar-refractivity contribution in [2.45, 2.75) is 11.3 Å². The number of nitrogens with zero attached hydrogens (tertiary/aromatic N) is 1. The number of aromatic nitrogens is 1. The van der Waals surface area contributed by atoms with Gasteiger partial charge in [0.05, 0.1) is 0 Å². The first-order chi connectivity index (χ1) is 9.90. The smallest absolute Gasteiger partial charge is 0.246 e. The lowest BCUT2D eigenvalue weighted by Crippen LogP contribution is -2.27. The second-order valence-corrected chi connectivity index (χ2v) is 6.02. The molecule has 8 heteroatoms. The molecule has 3 N–H and O–H groups in total. The average molecular weight is 313 g/mol. The minimum Gasteiger partial charge on any atom is -0.399 e. The van der Waals surface area contributed by atoms with Crippen molar-refractivity contribution in [3.63, 3.8) is 0 Å². The SMILES string of the molecule is Nc1cc(F)c(S(=O)(=O)NCCc2ccncc2)c(F)c1. The van der Waals surface area contributed by atoms with Crippen LogP contribution < -0.4 is 10.5 Å². The zero-order valence-corrected chi connectivity index (χ0v) is 11.7. The van der Waals surface area contributed by atoms with E-state index in [9.17, 15) is 17.2 Å². The summed E-state index contributed by atoms with van der Waals surface area (Å²) in [4.78, 5) is 2.81. The molecule has 0 saturated carbocycles. The normalized spacial score (nSPS) is 11.5. The highest BCUT2D eigenvalue weighted by molar-refractivity contribution is 7.89. The quantitative estimate of drug-likeness (QED) is 0.819. The second kappa shape index (κ2) is 6.15. The predicted molar refractivity (Wildman–Crippen MR) is 73.9 cm³/mol. The van der Waals surface area contributed by atoms with Crippen molar-refractivity contribution in [1.82, 2.24) is 9.71 Å². The van der Waals surface area contributed by atoms with Gasteiger partial charge in [0.15, 0.2) is 4.90 Å². The maximum Gasteiger partial charge on any atom is 0.246 e. The third-order valence-corrected chi connectivity index (χ3v) is 4.26. The molecule has 0 radical (unpaired) electrons. The number of nitrogens with two attached hydrogens (primary N) is 1. The van der Waals surface area contributed by atoms with Crippen LogP contribution in [0.5, 0.6) is 0 Å². The zero-order chi connectivity index (χ0) is 15.5. The van der Waals surface area contributed by atoms with Gasteiger partial charge in [0.2, 0.25) is 10.0 Å². The van der Waals surface area contributed by atoms with Gasteiger partial charge in [0.25, 0.3) is 0 Å². The highest BCUT2D eigenvalue weighted by atomic mass is 32.2. The number of sulfonamides is 1. The zero-order valence-electron chi connectivity index (χ0n) is 10.9. The van der Waals surface area contributed by atoms with Crippen LogP contribution in [0.1, 0.15) is 5.56 Å². The first-order valence-corrected chi connectivity index (χ1v) is 7.51. The summed E-state index contributed by atoms with van der Waals surface area (Å²) in [7, 11) is -4.28. The third-order valence-electron chi connectivity index (χ3n) is 2.74. The Morgan fingerprint density at radius 3 is 2.29 bits per heavy atom. The van der Waals surface area contributed by atoms with Gasteiger partial charge in [0, 0.05) is 24.6 Å². The summed E-state index contributed by atoms with van der Waals surface area (Å²) in [6.45, 7) is 0.00953. The molecule has 0 saturated heterocycles. The Bertz CT molecular complexity index is 713. The number of nitrogens with one attached hydrogen (secondary N) is 1. The summed E-state index contributed by atoms with van der Waals surface area (Å²) in [6.07, 6.45) is 3.52. The van der Waals surface area contributed by atoms with Crippen LogP contribution in [-0.2, 0) is 16.4 Å². The summed E-state index contributed by atoms with van der Waals surface area (Å²) >= 11 is 0. The Morgan fingerprint density at radius 1 is 1.14 bits per heavy atom. The van der Waals surface area contributed by atoms with Gasteiger partial charge >= 0.3 is 0 Å². The molecule has 0 aliphatic rings. The maximum absolute atomic E-state index is 13.6. The molecule has 21 heavy (non-hydrogen) atoms. The minimum atomic E-state index is -4.28. The summed E-state index contributed by atoms with van der Waals surface area (Å²) < 4.78 is 53.2. The van der Waals surface area contributed by atoms with Gasteiger partial charge in [0.1, 0.15) is 11.6 Å². The van der Waals surface area contributed by atoms with Crippen molar-refractivity contribution in [2.75, 3.05) is 12.3 Å². The van der Waals surface area contributed by atoms with Crippen LogP contribution in [0, 0.1) is 11.6 Å². The van der Waals surface area contributed by atoms with E-state index in [1.807, 2.05) is 0 Å². The number of pyridine rings is 1. The predicted octanol–water partition coefficient (Wildman–Crippen LogP) is 1.46. The highest BCUT2D eigenvalue weighted by Gasteiger charge is 2.24. The van der Waals surface area contributed by atoms with E-state index >= 15 is 0 Å². The summed E-state index contributed by atoms with van der Waals surface area (Å²) in [5.74, 6) is -2.44. The van der Waals surface area contributed by atoms with Crippen molar-refractivity contribution < 1.29 is 17.2 Å². The molecule has 1 heterocycles. The van der Waals surface area contributed by atoms with E-state index in [-0.39, 0.29) is 12.2 Å². The van der Waals surface area contributed by atoms with Crippen molar-refractivity contribution in [3.8, 4) is 0 Å². The minimum absolute atomic E-state index is 0.00953. The lowest BCUT2D eigenvalue weighted by Gasteiger charge is -2.09. The molecule has 0 amide bonds. The Balaban J connectivity index is 2.12. The van der Waals surface area contributed by atoms with Crippen molar-refractivity contribution in [1.29, 1.82) is 0 Å². The lowest BCUT2D eigenvalue weighted by atomic mass is 10.2. The summed E-state index contributed by atoms with van der Waals surface area (Å²) in [5, 5.41) is 0. The molecule has 5 nitrogen and oxygen atoms in total. The lowest BCUT2D eigenvalue weighted by molar-refractivity contribution is 0.515. The van der Waals surface area contributed by atoms with Gasteiger partial charge in [-0.05, 0) is 36.2 Å². The first kappa shape index (κ1) is 15.3. The molecule has 2 rings (SSSR count). The van der Waals surface area contributed by atoms with Crippen molar-refractivity contribution >= 4 is 15.7 Å². The molecule has 0 bridgehead atoms. The maximum atomic E-state index is 13.6. The average Bonchev–Trinajstić information content (AvgIpc) is 2.38. The van der Waals surface area contributed by atoms with Gasteiger partial charge in [-0.15, -0.1) is 0 Å². The van der Waals surface area contributed by atoms with Gasteiger partial charge in [-0.25, -0.2) is 21.9 Å². The van der Waals surface area contributed by atoms with E-state index in [0.717, 1.165) is 17.7 Å². The topological polar surface area (TPSA) is 85.1 Å². The molecule has 1 aromatic carbocycles. The van der Waals surface area contributed by atoms with Crippen molar-refractivity contribution in [2.24, 2.45) is 0 Å². The Labute approximate surface area is 120 Å². The van der Waals surface area contributed by atoms with Crippen LogP contribution in [-0.4, -0.2) is 19.9 Å². The fourth-order valence-corrected chi connectivity index (χ4v) is 2.93. The molecule has 0 fully saturated rings. The standard InChI is InChI=1S/C13H13F2N3O2S/c14-11-7-10(16)8-12(15)13(11)21(19,20)18-6-3-9-1-4-17-5-2-9/h1-2,4-5,7-8,18H,3,6,16H2. The second-order valence-electron chi connectivity index (χ2n) is 4.32. The van der Waals surface area contributed by atoms with Crippen LogP contribution in [0.2, 0.25) is 0 Å². The molecular formula is C13H13F2N3O2S. The van der Waals surface area contributed by atoms with Crippen LogP contribution in [0.3, 0.4) is 0 Å². The molecule has 1 aromatic heterocycles. The van der Waals surface area contributed by atoms with Gasteiger partial charge < -0.3 is 5.73 Å². The number of anilines is 1. The number of rotatable bonds is 5. The monoisotopic (exact) mass is 313 g/mol. The van der Waals surface area contributed by atoms with Crippen LogP contribution in [0.25, 0.3) is 0 Å². The number of hydrogen-bond donors (Lipinski definition) is 2. The van der Waals surface area contributed by atoms with E-state index in [2.05, 4.69) is 9.71 Å². The van der Waals surface area contributed by atoms with E-state index < -0.39 is 26.6 Å². The van der Waals surface area contributed by atoms with Gasteiger partial charge in [-0.3, -0.25) is 4.98 Å². The number of benzene rings is 1. The van der Waals surface area contributed by atoms with Crippen LogP contribution in [0.4, 0.5) is 14.5 Å². The van der Waals surface area contributed by atoms with E-state index in [1.54, 1.807) is 24.5 Å². The molecule has 0 aliphatic carbocycles. The first-order valence-electron chi connectivity index (χ1n) is 6.03. The van der Waals surface area contributed by atoms with Crippen molar-refractivity contribution in [3.05, 3.63) is 53.9 Å². The fourth-order valence-electron chi connectivity index (χ4n) is 1.79. The summed E-state index contributed by atoms with van der Waals surface area (Å²) in [6, 6.07) is 4.97. The fraction of sp³-hybridized carbons (Fsp3) is 0.154. The van der Waals surface area contributed by atoms with Gasteiger partial charge in [-0.1, -0.05) is 0 Å². The molecule has 0 unspecified atom stereocenters. The highest BCUT2D eigenvalue weighted by Crippen LogP contribution is 2.21. The molecule has 2 aromatic rings.